The number of carboxylic acid groups (broad SMARTS) is 1. The number of carboxylic acids is 1. The lowest BCUT2D eigenvalue weighted by Gasteiger charge is -2.14. The molecule has 1 amide bonds. The lowest BCUT2D eigenvalue weighted by Crippen LogP contribution is -2.34. The first kappa shape index (κ1) is 20.5. The first-order valence-electron chi connectivity index (χ1n) is 8.36. The lowest BCUT2D eigenvalue weighted by molar-refractivity contribution is -0.141. The molecule has 1 unspecified atom stereocenters. The van der Waals surface area contributed by atoms with E-state index >= 15 is 0 Å². The van der Waals surface area contributed by atoms with Crippen molar-refractivity contribution in [1.82, 2.24) is 5.32 Å². The van der Waals surface area contributed by atoms with Crippen molar-refractivity contribution in [2.24, 2.45) is 5.92 Å². The van der Waals surface area contributed by atoms with Crippen LogP contribution in [-0.2, 0) is 28.6 Å². The minimum atomic E-state index is -4.43. The summed E-state index contributed by atoms with van der Waals surface area (Å²) in [6.45, 7) is 1.86. The van der Waals surface area contributed by atoms with Crippen LogP contribution in [-0.4, -0.2) is 23.5 Å². The molecule has 0 aliphatic carbocycles. The molecule has 2 rings (SSSR count). The number of aliphatic carboxylic acids is 1. The summed E-state index contributed by atoms with van der Waals surface area (Å²) in [6, 6.07) is 11.8. The zero-order valence-corrected chi connectivity index (χ0v) is 14.7. The van der Waals surface area contributed by atoms with Crippen LogP contribution in [0.4, 0.5) is 13.2 Å². The van der Waals surface area contributed by atoms with Gasteiger partial charge in [0.1, 0.15) is 0 Å². The van der Waals surface area contributed by atoms with Crippen molar-refractivity contribution in [2.75, 3.05) is 6.54 Å². The Balaban J connectivity index is 1.91. The Bertz CT molecular complexity index is 801. The molecule has 144 valence electrons. The van der Waals surface area contributed by atoms with E-state index in [1.807, 2.05) is 31.2 Å². The van der Waals surface area contributed by atoms with Crippen molar-refractivity contribution >= 4 is 11.9 Å². The number of benzene rings is 2. The van der Waals surface area contributed by atoms with Crippen LogP contribution in [0.2, 0.25) is 0 Å². The summed E-state index contributed by atoms with van der Waals surface area (Å²) in [5, 5.41) is 11.9. The molecule has 0 spiro atoms. The Morgan fingerprint density at radius 2 is 1.74 bits per heavy atom. The van der Waals surface area contributed by atoms with Crippen molar-refractivity contribution in [3.63, 3.8) is 0 Å². The molecular weight excluding hydrogens is 359 g/mol. The standard InChI is InChI=1S/C20H20F3NO3/c1-13-3-2-4-15(9-13)10-16(19(26)27)12-24-18(25)11-14-5-7-17(8-6-14)20(21,22)23/h2-9,16H,10-12H2,1H3,(H,24,25)(H,26,27). The second-order valence-electron chi connectivity index (χ2n) is 6.40. The summed E-state index contributed by atoms with van der Waals surface area (Å²) in [6.07, 6.45) is -4.27. The van der Waals surface area contributed by atoms with Gasteiger partial charge in [0, 0.05) is 6.54 Å². The van der Waals surface area contributed by atoms with Gasteiger partial charge in [-0.05, 0) is 36.6 Å². The largest absolute Gasteiger partial charge is 0.481 e. The zero-order valence-electron chi connectivity index (χ0n) is 14.7. The van der Waals surface area contributed by atoms with E-state index in [-0.39, 0.29) is 19.4 Å². The van der Waals surface area contributed by atoms with Gasteiger partial charge in [0.15, 0.2) is 0 Å². The quantitative estimate of drug-likeness (QED) is 0.772. The SMILES string of the molecule is Cc1cccc(CC(CNC(=O)Cc2ccc(C(F)(F)F)cc2)C(=O)O)c1. The molecule has 0 radical (unpaired) electrons. The van der Waals surface area contributed by atoms with Crippen molar-refractivity contribution in [1.29, 1.82) is 0 Å². The van der Waals surface area contributed by atoms with Crippen LogP contribution >= 0.6 is 0 Å². The van der Waals surface area contributed by atoms with Crippen molar-refractivity contribution in [3.8, 4) is 0 Å². The number of hydrogen-bond acceptors (Lipinski definition) is 2. The van der Waals surface area contributed by atoms with Crippen LogP contribution in [0.15, 0.2) is 48.5 Å². The molecule has 0 saturated carbocycles. The molecule has 0 aromatic heterocycles. The van der Waals surface area contributed by atoms with E-state index < -0.39 is 29.5 Å². The van der Waals surface area contributed by atoms with Gasteiger partial charge in [0.05, 0.1) is 17.9 Å². The average Bonchev–Trinajstić information content (AvgIpc) is 2.58. The topological polar surface area (TPSA) is 66.4 Å². The number of carbonyl (C=O) groups is 2. The maximum atomic E-state index is 12.5. The Morgan fingerprint density at radius 1 is 1.07 bits per heavy atom. The molecule has 27 heavy (non-hydrogen) atoms. The molecule has 1 atom stereocenters. The van der Waals surface area contributed by atoms with Gasteiger partial charge in [-0.1, -0.05) is 42.0 Å². The highest BCUT2D eigenvalue weighted by Crippen LogP contribution is 2.29. The minimum absolute atomic E-state index is 0.0528. The van der Waals surface area contributed by atoms with Crippen molar-refractivity contribution in [3.05, 3.63) is 70.8 Å². The van der Waals surface area contributed by atoms with E-state index in [4.69, 9.17) is 0 Å². The molecule has 0 saturated heterocycles. The fourth-order valence-electron chi connectivity index (χ4n) is 2.67. The molecule has 0 bridgehead atoms. The number of hydrogen-bond donors (Lipinski definition) is 2. The normalized spacial score (nSPS) is 12.4. The third-order valence-corrected chi connectivity index (χ3v) is 4.11. The van der Waals surface area contributed by atoms with E-state index in [2.05, 4.69) is 5.32 Å². The van der Waals surface area contributed by atoms with Gasteiger partial charge < -0.3 is 10.4 Å². The molecule has 4 nitrogen and oxygen atoms in total. The van der Waals surface area contributed by atoms with Gasteiger partial charge in [-0.25, -0.2) is 0 Å². The molecule has 0 aliphatic rings. The molecule has 0 fully saturated rings. The molecular formula is C20H20F3NO3. The van der Waals surface area contributed by atoms with Crippen LogP contribution in [0.5, 0.6) is 0 Å². The minimum Gasteiger partial charge on any atom is -0.481 e. The van der Waals surface area contributed by atoms with E-state index in [1.165, 1.54) is 12.1 Å². The fourth-order valence-corrected chi connectivity index (χ4v) is 2.67. The molecule has 7 heteroatoms. The summed E-state index contributed by atoms with van der Waals surface area (Å²) >= 11 is 0. The third-order valence-electron chi connectivity index (χ3n) is 4.11. The van der Waals surface area contributed by atoms with E-state index in [9.17, 15) is 27.9 Å². The van der Waals surface area contributed by atoms with Crippen molar-refractivity contribution < 1.29 is 27.9 Å². The van der Waals surface area contributed by atoms with Crippen LogP contribution in [0, 0.1) is 12.8 Å². The zero-order chi connectivity index (χ0) is 20.0. The van der Waals surface area contributed by atoms with Gasteiger partial charge >= 0.3 is 12.1 Å². The van der Waals surface area contributed by atoms with Crippen LogP contribution in [0.3, 0.4) is 0 Å². The Labute approximate surface area is 155 Å². The smallest absolute Gasteiger partial charge is 0.416 e. The van der Waals surface area contributed by atoms with Crippen molar-refractivity contribution in [2.45, 2.75) is 25.9 Å². The maximum absolute atomic E-state index is 12.5. The summed E-state index contributed by atoms with van der Waals surface area (Å²) in [4.78, 5) is 23.4. The number of rotatable bonds is 7. The number of halogens is 3. The molecule has 0 aliphatic heterocycles. The molecule has 2 N–H and O–H groups in total. The maximum Gasteiger partial charge on any atom is 0.416 e. The molecule has 0 heterocycles. The predicted octanol–water partition coefficient (Wildman–Crippen LogP) is 3.62. The van der Waals surface area contributed by atoms with Gasteiger partial charge in [0.2, 0.25) is 5.91 Å². The summed E-state index contributed by atoms with van der Waals surface area (Å²) in [7, 11) is 0. The molecule has 2 aromatic rings. The van der Waals surface area contributed by atoms with Gasteiger partial charge in [0.25, 0.3) is 0 Å². The summed E-state index contributed by atoms with van der Waals surface area (Å²) in [5.41, 5.74) is 1.52. The fraction of sp³-hybridized carbons (Fsp3) is 0.300. The van der Waals surface area contributed by atoms with Crippen LogP contribution in [0.1, 0.15) is 22.3 Å². The van der Waals surface area contributed by atoms with Gasteiger partial charge in [-0.3, -0.25) is 9.59 Å². The number of alkyl halides is 3. The van der Waals surface area contributed by atoms with Gasteiger partial charge in [-0.15, -0.1) is 0 Å². The first-order chi connectivity index (χ1) is 12.6. The average molecular weight is 379 g/mol. The van der Waals surface area contributed by atoms with Crippen LogP contribution < -0.4 is 5.32 Å². The Morgan fingerprint density at radius 3 is 2.30 bits per heavy atom. The highest BCUT2D eigenvalue weighted by atomic mass is 19.4. The number of carbonyl (C=O) groups excluding carboxylic acids is 1. The monoisotopic (exact) mass is 379 g/mol. The highest BCUT2D eigenvalue weighted by Gasteiger charge is 2.30. The Kier molecular flexibility index (Phi) is 6.60. The highest BCUT2D eigenvalue weighted by molar-refractivity contribution is 5.79. The van der Waals surface area contributed by atoms with E-state index in [0.717, 1.165) is 23.3 Å². The van der Waals surface area contributed by atoms with Crippen LogP contribution in [0.25, 0.3) is 0 Å². The lowest BCUT2D eigenvalue weighted by atomic mass is 9.98. The predicted molar refractivity (Wildman–Crippen MR) is 94.2 cm³/mol. The van der Waals surface area contributed by atoms with Gasteiger partial charge in [-0.2, -0.15) is 13.2 Å². The first-order valence-corrected chi connectivity index (χ1v) is 8.36. The Hall–Kier alpha value is -2.83. The number of amides is 1. The molecule has 2 aromatic carbocycles. The summed E-state index contributed by atoms with van der Waals surface area (Å²) in [5.74, 6) is -2.25. The number of nitrogens with one attached hydrogen (secondary N) is 1. The second kappa shape index (κ2) is 8.70. The third kappa shape index (κ3) is 6.44. The summed E-state index contributed by atoms with van der Waals surface area (Å²) < 4.78 is 37.6. The second-order valence-corrected chi connectivity index (χ2v) is 6.40. The van der Waals surface area contributed by atoms with E-state index in [1.54, 1.807) is 0 Å². The van der Waals surface area contributed by atoms with E-state index in [0.29, 0.717) is 5.56 Å². The number of aryl methyl sites for hydroxylation is 1.